The van der Waals surface area contributed by atoms with E-state index in [9.17, 15) is 0 Å². The third-order valence-corrected chi connectivity index (χ3v) is 4.86. The number of hydrogen-bond acceptors (Lipinski definition) is 3. The van der Waals surface area contributed by atoms with Gasteiger partial charge in [-0.1, -0.05) is 37.6 Å². The Hall–Kier alpha value is -0.860. The molecule has 1 fully saturated rings. The Morgan fingerprint density at radius 3 is 2.44 bits per heavy atom. The first-order valence-corrected chi connectivity index (χ1v) is 9.89. The van der Waals surface area contributed by atoms with Crippen molar-refractivity contribution in [1.29, 1.82) is 0 Å². The van der Waals surface area contributed by atoms with Gasteiger partial charge in [-0.25, -0.2) is 0 Å². The van der Waals surface area contributed by atoms with Gasteiger partial charge in [-0.15, -0.1) is 24.0 Å². The summed E-state index contributed by atoms with van der Waals surface area (Å²) in [7, 11) is 3.96. The number of aliphatic imine (C=N–C) groups is 1. The quantitative estimate of drug-likeness (QED) is 0.361. The van der Waals surface area contributed by atoms with E-state index >= 15 is 0 Å². The molecule has 27 heavy (non-hydrogen) atoms. The molecule has 2 unspecified atom stereocenters. The number of rotatable bonds is 7. The van der Waals surface area contributed by atoms with Crippen LogP contribution in [-0.4, -0.2) is 61.7 Å². The van der Waals surface area contributed by atoms with Crippen LogP contribution in [0.25, 0.3) is 0 Å². The zero-order chi connectivity index (χ0) is 18.9. The second kappa shape index (κ2) is 12.6. The highest BCUT2D eigenvalue weighted by molar-refractivity contribution is 14.0. The van der Waals surface area contributed by atoms with Crippen molar-refractivity contribution in [1.82, 2.24) is 15.1 Å². The average Bonchev–Trinajstić information content (AvgIpc) is 2.61. The normalized spacial score (nSPS) is 20.9. The Balaban J connectivity index is 0.00000364. The lowest BCUT2D eigenvalue weighted by atomic mass is 10.1. The monoisotopic (exact) mass is 488 g/mol. The molecule has 1 aliphatic rings. The van der Waals surface area contributed by atoms with E-state index in [2.05, 4.69) is 72.2 Å². The minimum Gasteiger partial charge on any atom is -0.373 e. The molecular formula is C21H37IN4O. The highest BCUT2D eigenvalue weighted by atomic mass is 127. The van der Waals surface area contributed by atoms with Gasteiger partial charge in [0.25, 0.3) is 0 Å². The van der Waals surface area contributed by atoms with Crippen molar-refractivity contribution in [3.05, 3.63) is 35.4 Å². The van der Waals surface area contributed by atoms with Crippen molar-refractivity contribution in [2.45, 2.75) is 58.9 Å². The Morgan fingerprint density at radius 1 is 1.22 bits per heavy atom. The minimum atomic E-state index is 0. The first-order valence-electron chi connectivity index (χ1n) is 9.89. The fourth-order valence-corrected chi connectivity index (χ4v) is 3.60. The maximum atomic E-state index is 5.86. The summed E-state index contributed by atoms with van der Waals surface area (Å²) in [5.74, 6) is 0.960. The number of guanidine groups is 1. The van der Waals surface area contributed by atoms with Gasteiger partial charge in [-0.2, -0.15) is 0 Å². The maximum Gasteiger partial charge on any atom is 0.193 e. The predicted molar refractivity (Wildman–Crippen MR) is 125 cm³/mol. The van der Waals surface area contributed by atoms with Crippen LogP contribution in [0.2, 0.25) is 0 Å². The molecular weight excluding hydrogens is 451 g/mol. The van der Waals surface area contributed by atoms with Crippen LogP contribution in [0.4, 0.5) is 0 Å². The van der Waals surface area contributed by atoms with Gasteiger partial charge < -0.3 is 15.0 Å². The number of hydrogen-bond donors (Lipinski definition) is 1. The van der Waals surface area contributed by atoms with Crippen LogP contribution < -0.4 is 5.32 Å². The molecule has 1 N–H and O–H groups in total. The lowest BCUT2D eigenvalue weighted by Crippen LogP contribution is -2.45. The molecule has 0 amide bonds. The molecule has 2 rings (SSSR count). The van der Waals surface area contributed by atoms with Crippen molar-refractivity contribution in [3.63, 3.8) is 0 Å². The topological polar surface area (TPSA) is 40.1 Å². The SMILES string of the molecule is CCCCN(C)C(=NC)NCc1ccccc1CN1CC(C)OC(C)C1.I. The summed E-state index contributed by atoms with van der Waals surface area (Å²) < 4.78 is 5.86. The first kappa shape index (κ1) is 24.2. The molecule has 6 heteroatoms. The van der Waals surface area contributed by atoms with Crippen LogP contribution >= 0.6 is 24.0 Å². The Bertz CT molecular complexity index is 571. The zero-order valence-corrected chi connectivity index (χ0v) is 19.9. The van der Waals surface area contributed by atoms with Crippen LogP contribution in [0.1, 0.15) is 44.7 Å². The first-order chi connectivity index (χ1) is 12.5. The number of halogens is 1. The van der Waals surface area contributed by atoms with E-state index in [0.717, 1.165) is 38.7 Å². The minimum absolute atomic E-state index is 0. The fourth-order valence-electron chi connectivity index (χ4n) is 3.60. The van der Waals surface area contributed by atoms with Gasteiger partial charge in [0.1, 0.15) is 0 Å². The molecule has 0 bridgehead atoms. The molecule has 154 valence electrons. The van der Waals surface area contributed by atoms with E-state index in [4.69, 9.17) is 4.74 Å². The smallest absolute Gasteiger partial charge is 0.193 e. The number of nitrogens with one attached hydrogen (secondary N) is 1. The zero-order valence-electron chi connectivity index (χ0n) is 17.6. The average molecular weight is 488 g/mol. The number of morpholine rings is 1. The third kappa shape index (κ3) is 7.95. The van der Waals surface area contributed by atoms with Crippen LogP contribution in [-0.2, 0) is 17.8 Å². The summed E-state index contributed by atoms with van der Waals surface area (Å²) in [4.78, 5) is 9.13. The highest BCUT2D eigenvalue weighted by Crippen LogP contribution is 2.17. The number of ether oxygens (including phenoxy) is 1. The molecule has 1 saturated heterocycles. The third-order valence-electron chi connectivity index (χ3n) is 4.86. The van der Waals surface area contributed by atoms with Crippen molar-refractivity contribution in [2.75, 3.05) is 33.7 Å². The second-order valence-corrected chi connectivity index (χ2v) is 7.40. The predicted octanol–water partition coefficient (Wildman–Crippen LogP) is 3.72. The lowest BCUT2D eigenvalue weighted by Gasteiger charge is -2.35. The van der Waals surface area contributed by atoms with Crippen LogP contribution in [0.3, 0.4) is 0 Å². The van der Waals surface area contributed by atoms with Crippen LogP contribution in [0.15, 0.2) is 29.3 Å². The fraction of sp³-hybridized carbons (Fsp3) is 0.667. The molecule has 2 atom stereocenters. The maximum absolute atomic E-state index is 5.86. The molecule has 0 saturated carbocycles. The van der Waals surface area contributed by atoms with Gasteiger partial charge in [0.05, 0.1) is 12.2 Å². The molecule has 1 aromatic rings. The number of unbranched alkanes of at least 4 members (excludes halogenated alkanes) is 1. The van der Waals surface area contributed by atoms with E-state index in [0.29, 0.717) is 12.2 Å². The molecule has 5 nitrogen and oxygen atoms in total. The van der Waals surface area contributed by atoms with Gasteiger partial charge in [0.2, 0.25) is 0 Å². The van der Waals surface area contributed by atoms with Gasteiger partial charge in [0.15, 0.2) is 5.96 Å². The standard InChI is InChI=1S/C21H36N4O.HI/c1-6-7-12-24(5)21(22-4)23-13-19-10-8-9-11-20(19)16-25-14-17(2)26-18(3)15-25;/h8-11,17-18H,6-7,12-16H2,1-5H3,(H,22,23);1H. The van der Waals surface area contributed by atoms with Gasteiger partial charge >= 0.3 is 0 Å². The van der Waals surface area contributed by atoms with Crippen molar-refractivity contribution < 1.29 is 4.74 Å². The van der Waals surface area contributed by atoms with Crippen molar-refractivity contribution in [2.24, 2.45) is 4.99 Å². The van der Waals surface area contributed by atoms with Crippen LogP contribution in [0.5, 0.6) is 0 Å². The van der Waals surface area contributed by atoms with Gasteiger partial charge in [0, 0.05) is 46.8 Å². The Labute approximate surface area is 182 Å². The molecule has 1 heterocycles. The van der Waals surface area contributed by atoms with Gasteiger partial charge in [-0.3, -0.25) is 9.89 Å². The second-order valence-electron chi connectivity index (χ2n) is 7.40. The van der Waals surface area contributed by atoms with Gasteiger partial charge in [-0.05, 0) is 31.4 Å². The van der Waals surface area contributed by atoms with Crippen molar-refractivity contribution in [3.8, 4) is 0 Å². The lowest BCUT2D eigenvalue weighted by molar-refractivity contribution is -0.0705. The van der Waals surface area contributed by atoms with Crippen LogP contribution in [0, 0.1) is 0 Å². The molecule has 0 radical (unpaired) electrons. The summed E-state index contributed by atoms with van der Waals surface area (Å²) in [6, 6.07) is 8.71. The largest absolute Gasteiger partial charge is 0.373 e. The summed E-state index contributed by atoms with van der Waals surface area (Å²) in [6.07, 6.45) is 2.98. The van der Waals surface area contributed by atoms with E-state index in [1.807, 2.05) is 7.05 Å². The number of nitrogens with zero attached hydrogens (tertiary/aromatic N) is 3. The van der Waals surface area contributed by atoms with Crippen molar-refractivity contribution >= 4 is 29.9 Å². The van der Waals surface area contributed by atoms with E-state index in [-0.39, 0.29) is 24.0 Å². The molecule has 0 aliphatic carbocycles. The molecule has 1 aromatic carbocycles. The van der Waals surface area contributed by atoms with E-state index in [1.165, 1.54) is 24.0 Å². The summed E-state index contributed by atoms with van der Waals surface area (Å²) in [5, 5.41) is 3.52. The summed E-state index contributed by atoms with van der Waals surface area (Å²) in [5.41, 5.74) is 2.72. The van der Waals surface area contributed by atoms with E-state index < -0.39 is 0 Å². The van der Waals surface area contributed by atoms with E-state index in [1.54, 1.807) is 0 Å². The Morgan fingerprint density at radius 2 is 1.85 bits per heavy atom. The Kier molecular flexibility index (Phi) is 11.3. The molecule has 1 aliphatic heterocycles. The summed E-state index contributed by atoms with van der Waals surface area (Å²) in [6.45, 7) is 11.3. The highest BCUT2D eigenvalue weighted by Gasteiger charge is 2.22. The number of benzene rings is 1. The molecule has 0 spiro atoms. The molecule has 0 aromatic heterocycles. The summed E-state index contributed by atoms with van der Waals surface area (Å²) >= 11 is 0.